The van der Waals surface area contributed by atoms with Gasteiger partial charge in [0, 0.05) is 22.3 Å². The molecule has 0 amide bonds. The van der Waals surface area contributed by atoms with E-state index in [1.54, 1.807) is 10.4 Å². The van der Waals surface area contributed by atoms with Crippen LogP contribution in [0.2, 0.25) is 0 Å². The van der Waals surface area contributed by atoms with Crippen LogP contribution in [0.5, 0.6) is 0 Å². The van der Waals surface area contributed by atoms with Crippen molar-refractivity contribution in [1.29, 1.82) is 0 Å². The highest BCUT2D eigenvalue weighted by Crippen LogP contribution is 2.35. The predicted octanol–water partition coefficient (Wildman–Crippen LogP) is 3.36. The fourth-order valence-electron chi connectivity index (χ4n) is 2.05. The van der Waals surface area contributed by atoms with E-state index < -0.39 is 10.0 Å². The summed E-state index contributed by atoms with van der Waals surface area (Å²) in [5, 5.41) is 0. The van der Waals surface area contributed by atoms with Crippen molar-refractivity contribution in [1.82, 2.24) is 4.31 Å². The Labute approximate surface area is 118 Å². The summed E-state index contributed by atoms with van der Waals surface area (Å²) in [4.78, 5) is 2.20. The lowest BCUT2D eigenvalue weighted by Crippen LogP contribution is -2.33. The molecule has 18 heavy (non-hydrogen) atoms. The highest BCUT2D eigenvalue weighted by molar-refractivity contribution is 7.89. The molecule has 1 fully saturated rings. The van der Waals surface area contributed by atoms with E-state index >= 15 is 0 Å². The van der Waals surface area contributed by atoms with E-state index in [4.69, 9.17) is 11.6 Å². The summed E-state index contributed by atoms with van der Waals surface area (Å²) in [6.07, 6.45) is 2.83. The largest absolute Gasteiger partial charge is 0.244 e. The van der Waals surface area contributed by atoms with Crippen LogP contribution in [0.4, 0.5) is 0 Å². The smallest absolute Gasteiger partial charge is 0.207 e. The minimum atomic E-state index is -3.33. The molecule has 1 aromatic heterocycles. The van der Waals surface area contributed by atoms with Gasteiger partial charge in [-0.2, -0.15) is 4.31 Å². The van der Waals surface area contributed by atoms with E-state index in [0.29, 0.717) is 17.3 Å². The minimum Gasteiger partial charge on any atom is -0.207 e. The number of thiophene rings is 1. The maximum Gasteiger partial charge on any atom is 0.244 e. The molecule has 3 nitrogen and oxygen atoms in total. The van der Waals surface area contributed by atoms with Gasteiger partial charge in [0.05, 0.1) is 10.8 Å². The van der Waals surface area contributed by atoms with Crippen LogP contribution in [0.1, 0.15) is 35.9 Å². The van der Waals surface area contributed by atoms with Crippen LogP contribution in [0, 0.1) is 6.92 Å². The second-order valence-corrected chi connectivity index (χ2v) is 8.08. The van der Waals surface area contributed by atoms with Crippen molar-refractivity contribution in [2.24, 2.45) is 0 Å². The van der Waals surface area contributed by atoms with Crippen molar-refractivity contribution < 1.29 is 8.42 Å². The van der Waals surface area contributed by atoms with Gasteiger partial charge in [-0.1, -0.05) is 6.92 Å². The number of aryl methyl sites for hydroxylation is 1. The summed E-state index contributed by atoms with van der Waals surface area (Å²) in [5.41, 5.74) is 0. The van der Waals surface area contributed by atoms with Crippen molar-refractivity contribution in [2.75, 3.05) is 6.54 Å². The van der Waals surface area contributed by atoms with Gasteiger partial charge in [-0.25, -0.2) is 8.42 Å². The summed E-state index contributed by atoms with van der Waals surface area (Å²) >= 11 is 7.25. The highest BCUT2D eigenvalue weighted by Gasteiger charge is 2.38. The fraction of sp³-hybridized carbons (Fsp3) is 0.667. The van der Waals surface area contributed by atoms with E-state index in [2.05, 4.69) is 0 Å². The fourth-order valence-corrected chi connectivity index (χ4v) is 5.53. The van der Waals surface area contributed by atoms with Crippen LogP contribution in [0.25, 0.3) is 0 Å². The van der Waals surface area contributed by atoms with Crippen LogP contribution < -0.4 is 0 Å². The summed E-state index contributed by atoms with van der Waals surface area (Å²) in [6.45, 7) is 4.47. The van der Waals surface area contributed by atoms with Gasteiger partial charge in [0.1, 0.15) is 0 Å². The van der Waals surface area contributed by atoms with Crippen molar-refractivity contribution in [3.05, 3.63) is 15.8 Å². The molecule has 0 aliphatic heterocycles. The van der Waals surface area contributed by atoms with E-state index in [0.717, 1.165) is 29.0 Å². The normalized spacial score (nSPS) is 16.4. The molecule has 0 spiro atoms. The van der Waals surface area contributed by atoms with Crippen molar-refractivity contribution in [2.45, 2.75) is 49.9 Å². The Morgan fingerprint density at radius 2 is 2.17 bits per heavy atom. The summed E-state index contributed by atoms with van der Waals surface area (Å²) in [6, 6.07) is 1.95. The Morgan fingerprint density at radius 1 is 1.50 bits per heavy atom. The SMILES string of the molecule is CCCN(C1CC1)S(=O)(=O)c1cc(CCl)sc1C. The maximum atomic E-state index is 12.6. The first kappa shape index (κ1) is 14.3. The Kier molecular flexibility index (Phi) is 4.36. The summed E-state index contributed by atoms with van der Waals surface area (Å²) in [7, 11) is -3.33. The molecule has 1 heterocycles. The van der Waals surface area contributed by atoms with E-state index in [1.165, 1.54) is 11.3 Å². The highest BCUT2D eigenvalue weighted by atomic mass is 35.5. The van der Waals surface area contributed by atoms with E-state index in [1.807, 2.05) is 13.8 Å². The molecular weight excluding hydrogens is 290 g/mol. The molecule has 0 bridgehead atoms. The average molecular weight is 308 g/mol. The van der Waals surface area contributed by atoms with Crippen LogP contribution in [0.3, 0.4) is 0 Å². The summed E-state index contributed by atoms with van der Waals surface area (Å²) < 4.78 is 27.0. The Bertz CT molecular complexity index is 520. The molecule has 1 aliphatic rings. The lowest BCUT2D eigenvalue weighted by Gasteiger charge is -2.21. The molecule has 0 atom stereocenters. The first-order valence-corrected chi connectivity index (χ1v) is 8.97. The molecule has 102 valence electrons. The number of alkyl halides is 1. The number of rotatable bonds is 6. The first-order valence-electron chi connectivity index (χ1n) is 6.17. The summed E-state index contributed by atoms with van der Waals surface area (Å²) in [5.74, 6) is 0.373. The van der Waals surface area contributed by atoms with Crippen LogP contribution >= 0.6 is 22.9 Å². The van der Waals surface area contributed by atoms with Crippen molar-refractivity contribution in [3.63, 3.8) is 0 Å². The standard InChI is InChI=1S/C12H18ClNO2S2/c1-3-6-14(10-4-5-10)18(15,16)12-7-11(8-13)17-9(12)2/h7,10H,3-6,8H2,1-2H3. The lowest BCUT2D eigenvalue weighted by molar-refractivity contribution is 0.403. The topological polar surface area (TPSA) is 37.4 Å². The number of hydrogen-bond donors (Lipinski definition) is 0. The molecular formula is C12H18ClNO2S2. The predicted molar refractivity (Wildman–Crippen MR) is 75.8 cm³/mol. The Hall–Kier alpha value is -0.100. The first-order chi connectivity index (χ1) is 8.50. The molecule has 1 saturated carbocycles. The van der Waals surface area contributed by atoms with Gasteiger partial charge in [-0.3, -0.25) is 0 Å². The van der Waals surface area contributed by atoms with Crippen LogP contribution in [-0.4, -0.2) is 25.3 Å². The third-order valence-corrected chi connectivity index (χ3v) is 6.74. The van der Waals surface area contributed by atoms with Gasteiger partial charge in [0.15, 0.2) is 0 Å². The van der Waals surface area contributed by atoms with Gasteiger partial charge < -0.3 is 0 Å². The van der Waals surface area contributed by atoms with Crippen LogP contribution in [-0.2, 0) is 15.9 Å². The van der Waals surface area contributed by atoms with Gasteiger partial charge in [-0.05, 0) is 32.3 Å². The Morgan fingerprint density at radius 3 is 2.61 bits per heavy atom. The van der Waals surface area contributed by atoms with E-state index in [9.17, 15) is 8.42 Å². The minimum absolute atomic E-state index is 0.216. The second-order valence-electron chi connectivity index (χ2n) is 4.61. The monoisotopic (exact) mass is 307 g/mol. The number of halogens is 1. The zero-order chi connectivity index (χ0) is 13.3. The van der Waals surface area contributed by atoms with Gasteiger partial charge in [0.2, 0.25) is 10.0 Å². The zero-order valence-corrected chi connectivity index (χ0v) is 13.0. The molecule has 1 aliphatic carbocycles. The number of nitrogens with zero attached hydrogens (tertiary/aromatic N) is 1. The van der Waals surface area contributed by atoms with Gasteiger partial charge >= 0.3 is 0 Å². The van der Waals surface area contributed by atoms with Crippen LogP contribution in [0.15, 0.2) is 11.0 Å². The molecule has 0 N–H and O–H groups in total. The zero-order valence-electron chi connectivity index (χ0n) is 10.6. The molecule has 6 heteroatoms. The molecule has 0 radical (unpaired) electrons. The second kappa shape index (κ2) is 5.49. The third kappa shape index (κ3) is 2.74. The molecule has 0 saturated heterocycles. The average Bonchev–Trinajstić information content (AvgIpc) is 3.08. The quantitative estimate of drug-likeness (QED) is 0.756. The third-order valence-electron chi connectivity index (χ3n) is 3.04. The molecule has 0 unspecified atom stereocenters. The van der Waals surface area contributed by atoms with Gasteiger partial charge in [-0.15, -0.1) is 22.9 Å². The molecule has 0 aromatic carbocycles. The van der Waals surface area contributed by atoms with Crippen molar-refractivity contribution >= 4 is 33.0 Å². The molecule has 1 aromatic rings. The van der Waals surface area contributed by atoms with E-state index in [-0.39, 0.29) is 6.04 Å². The Balaban J connectivity index is 2.35. The number of sulfonamides is 1. The molecule has 2 rings (SSSR count). The van der Waals surface area contributed by atoms with Crippen molar-refractivity contribution in [3.8, 4) is 0 Å². The number of hydrogen-bond acceptors (Lipinski definition) is 3. The van der Waals surface area contributed by atoms with Gasteiger partial charge in [0.25, 0.3) is 0 Å². The maximum absolute atomic E-state index is 12.6. The lowest BCUT2D eigenvalue weighted by atomic mass is 10.4.